The number of sulfonamides is 1. The minimum atomic E-state index is -3.71. The molecule has 6 nitrogen and oxygen atoms in total. The molecular weight excluding hydrogens is 386 g/mol. The van der Waals surface area contributed by atoms with Crippen LogP contribution in [0.4, 0.5) is 5.69 Å². The van der Waals surface area contributed by atoms with E-state index in [1.54, 1.807) is 25.2 Å². The minimum absolute atomic E-state index is 0.0247. The Bertz CT molecular complexity index is 1190. The Morgan fingerprint density at radius 3 is 2.24 bits per heavy atom. The quantitative estimate of drug-likeness (QED) is 0.722. The van der Waals surface area contributed by atoms with Gasteiger partial charge in [-0.1, -0.05) is 54.6 Å². The number of anilines is 1. The van der Waals surface area contributed by atoms with E-state index < -0.39 is 10.0 Å². The minimum Gasteiger partial charge on any atom is -0.349 e. The second-order valence-corrected chi connectivity index (χ2v) is 8.31. The molecule has 3 aromatic carbocycles. The van der Waals surface area contributed by atoms with Gasteiger partial charge < -0.3 is 10.2 Å². The van der Waals surface area contributed by atoms with E-state index in [2.05, 4.69) is 9.71 Å². The number of nitrogens with one attached hydrogen (secondary N) is 1. The number of carbonyl (C=O) groups excluding carboxylic acids is 1. The van der Waals surface area contributed by atoms with Crippen LogP contribution in [0.5, 0.6) is 0 Å². The topological polar surface area (TPSA) is 78.8 Å². The van der Waals surface area contributed by atoms with Gasteiger partial charge in [-0.15, -0.1) is 4.40 Å². The van der Waals surface area contributed by atoms with Crippen LogP contribution in [0.2, 0.25) is 0 Å². The van der Waals surface area contributed by atoms with Gasteiger partial charge in [-0.2, -0.15) is 8.42 Å². The predicted molar refractivity (Wildman–Crippen MR) is 113 cm³/mol. The van der Waals surface area contributed by atoms with Crippen molar-refractivity contribution in [2.24, 2.45) is 4.40 Å². The summed E-state index contributed by atoms with van der Waals surface area (Å²) in [6, 6.07) is 24.1. The Morgan fingerprint density at radius 1 is 0.897 bits per heavy atom. The van der Waals surface area contributed by atoms with Crippen LogP contribution in [0.3, 0.4) is 0 Å². The molecule has 0 fully saturated rings. The summed E-state index contributed by atoms with van der Waals surface area (Å²) < 4.78 is 28.2. The van der Waals surface area contributed by atoms with Gasteiger partial charge in [-0.3, -0.25) is 4.79 Å². The third-order valence-corrected chi connectivity index (χ3v) is 5.96. The van der Waals surface area contributed by atoms with Crippen LogP contribution in [0.1, 0.15) is 5.56 Å². The van der Waals surface area contributed by atoms with Crippen LogP contribution in [-0.4, -0.2) is 38.7 Å². The summed E-state index contributed by atoms with van der Waals surface area (Å²) in [5.74, 6) is 0.0135. The number of likely N-dealkylation sites (N-methyl/N-ethyl adjacent to an activating group) is 1. The van der Waals surface area contributed by atoms with Crippen molar-refractivity contribution in [3.63, 3.8) is 0 Å². The van der Waals surface area contributed by atoms with Crippen molar-refractivity contribution in [1.29, 1.82) is 0 Å². The van der Waals surface area contributed by atoms with Gasteiger partial charge in [-0.05, 0) is 35.4 Å². The van der Waals surface area contributed by atoms with Gasteiger partial charge >= 0.3 is 0 Å². The zero-order chi connectivity index (χ0) is 20.4. The maximum atomic E-state index is 12.5. The third-order valence-electron chi connectivity index (χ3n) is 4.63. The Kier molecular flexibility index (Phi) is 4.90. The number of hydrogen-bond donors (Lipinski definition) is 1. The molecule has 0 aliphatic carbocycles. The van der Waals surface area contributed by atoms with E-state index in [0.29, 0.717) is 11.3 Å². The summed E-state index contributed by atoms with van der Waals surface area (Å²) in [5.41, 5.74) is 3.34. The molecule has 1 heterocycles. The van der Waals surface area contributed by atoms with Crippen molar-refractivity contribution in [3.05, 3.63) is 84.4 Å². The standard InChI is InChI=1S/C22H19N3O3S/c1-25(22-19-9-5-6-10-20(19)29(27,28)24-22)15-21(26)23-18-13-11-17(12-14-18)16-7-3-2-4-8-16/h2-14H,15H2,1H3,(H,23,26). The van der Waals surface area contributed by atoms with Crippen molar-refractivity contribution in [2.45, 2.75) is 4.90 Å². The molecule has 7 heteroatoms. The van der Waals surface area contributed by atoms with E-state index in [-0.39, 0.29) is 23.2 Å². The second-order valence-electron chi connectivity index (χ2n) is 6.73. The maximum absolute atomic E-state index is 12.5. The summed E-state index contributed by atoms with van der Waals surface area (Å²) in [6.45, 7) is -0.0247. The summed E-state index contributed by atoms with van der Waals surface area (Å²) >= 11 is 0. The Morgan fingerprint density at radius 2 is 1.52 bits per heavy atom. The van der Waals surface area contributed by atoms with Gasteiger partial charge in [-0.25, -0.2) is 0 Å². The highest BCUT2D eigenvalue weighted by Gasteiger charge is 2.30. The Balaban J connectivity index is 1.44. The predicted octanol–water partition coefficient (Wildman–Crippen LogP) is 3.37. The first-order chi connectivity index (χ1) is 13.9. The molecule has 0 spiro atoms. The molecule has 1 aliphatic rings. The van der Waals surface area contributed by atoms with E-state index in [1.807, 2.05) is 54.6 Å². The number of amides is 1. The fourth-order valence-corrected chi connectivity index (χ4v) is 4.48. The number of benzene rings is 3. The van der Waals surface area contributed by atoms with Gasteiger partial charge in [0, 0.05) is 18.3 Å². The van der Waals surface area contributed by atoms with E-state index >= 15 is 0 Å². The van der Waals surface area contributed by atoms with Gasteiger partial charge in [0.25, 0.3) is 10.0 Å². The first-order valence-corrected chi connectivity index (χ1v) is 10.5. The summed E-state index contributed by atoms with van der Waals surface area (Å²) in [6.07, 6.45) is 0. The van der Waals surface area contributed by atoms with Gasteiger partial charge in [0.2, 0.25) is 5.91 Å². The summed E-state index contributed by atoms with van der Waals surface area (Å²) in [7, 11) is -2.06. The van der Waals surface area contributed by atoms with Gasteiger partial charge in [0.05, 0.1) is 6.54 Å². The number of carbonyl (C=O) groups is 1. The van der Waals surface area contributed by atoms with Crippen molar-refractivity contribution in [2.75, 3.05) is 18.9 Å². The lowest BCUT2D eigenvalue weighted by Gasteiger charge is -2.18. The second kappa shape index (κ2) is 7.52. The molecule has 29 heavy (non-hydrogen) atoms. The lowest BCUT2D eigenvalue weighted by Crippen LogP contribution is -2.34. The molecule has 0 saturated carbocycles. The summed E-state index contributed by atoms with van der Waals surface area (Å²) in [4.78, 5) is 14.2. The van der Waals surface area contributed by atoms with Crippen LogP contribution in [-0.2, 0) is 14.8 Å². The monoisotopic (exact) mass is 405 g/mol. The maximum Gasteiger partial charge on any atom is 0.285 e. The lowest BCUT2D eigenvalue weighted by atomic mass is 10.1. The highest BCUT2D eigenvalue weighted by molar-refractivity contribution is 7.90. The van der Waals surface area contributed by atoms with Crippen molar-refractivity contribution >= 4 is 27.5 Å². The highest BCUT2D eigenvalue weighted by atomic mass is 32.2. The van der Waals surface area contributed by atoms with Gasteiger partial charge in [0.15, 0.2) is 5.84 Å². The fourth-order valence-electron chi connectivity index (χ4n) is 3.23. The van der Waals surface area contributed by atoms with Gasteiger partial charge in [0.1, 0.15) is 4.90 Å². The molecule has 1 aliphatic heterocycles. The average molecular weight is 405 g/mol. The molecule has 1 N–H and O–H groups in total. The van der Waals surface area contributed by atoms with E-state index in [1.165, 1.54) is 11.0 Å². The van der Waals surface area contributed by atoms with E-state index in [0.717, 1.165) is 11.1 Å². The van der Waals surface area contributed by atoms with Crippen molar-refractivity contribution in [1.82, 2.24) is 4.90 Å². The molecule has 0 aromatic heterocycles. The van der Waals surface area contributed by atoms with Crippen molar-refractivity contribution in [3.8, 4) is 11.1 Å². The smallest absolute Gasteiger partial charge is 0.285 e. The van der Waals surface area contributed by atoms with Crippen LogP contribution in [0.15, 0.2) is 88.2 Å². The number of rotatable bonds is 4. The average Bonchev–Trinajstić information content (AvgIpc) is 3.01. The molecule has 3 aromatic rings. The normalized spacial score (nSPS) is 14.0. The van der Waals surface area contributed by atoms with Crippen LogP contribution in [0.25, 0.3) is 11.1 Å². The molecule has 146 valence electrons. The first-order valence-electron chi connectivity index (χ1n) is 9.05. The number of hydrogen-bond acceptors (Lipinski definition) is 4. The molecule has 0 radical (unpaired) electrons. The molecule has 0 saturated heterocycles. The van der Waals surface area contributed by atoms with E-state index in [9.17, 15) is 13.2 Å². The molecular formula is C22H19N3O3S. The zero-order valence-corrected chi connectivity index (χ0v) is 16.6. The first kappa shape index (κ1) is 18.9. The zero-order valence-electron chi connectivity index (χ0n) is 15.7. The molecule has 4 rings (SSSR count). The number of nitrogens with zero attached hydrogens (tertiary/aromatic N) is 2. The van der Waals surface area contributed by atoms with Crippen LogP contribution >= 0.6 is 0 Å². The molecule has 0 atom stereocenters. The number of amidine groups is 1. The molecule has 0 bridgehead atoms. The largest absolute Gasteiger partial charge is 0.349 e. The van der Waals surface area contributed by atoms with E-state index in [4.69, 9.17) is 0 Å². The highest BCUT2D eigenvalue weighted by Crippen LogP contribution is 2.27. The Hall–Kier alpha value is -3.45. The molecule has 0 unspecified atom stereocenters. The Labute approximate surface area is 169 Å². The number of fused-ring (bicyclic) bond motifs is 1. The molecule has 1 amide bonds. The van der Waals surface area contributed by atoms with Crippen LogP contribution < -0.4 is 5.32 Å². The summed E-state index contributed by atoms with van der Waals surface area (Å²) in [5, 5.41) is 2.83. The van der Waals surface area contributed by atoms with Crippen LogP contribution in [0, 0.1) is 0 Å². The fraction of sp³-hybridized carbons (Fsp3) is 0.0909. The lowest BCUT2D eigenvalue weighted by molar-refractivity contribution is -0.116. The van der Waals surface area contributed by atoms with Crippen molar-refractivity contribution < 1.29 is 13.2 Å². The third kappa shape index (κ3) is 3.90. The SMILES string of the molecule is CN(CC(=O)Nc1ccc(-c2ccccc2)cc1)C1=NS(=O)(=O)c2ccccc21.